The number of hydrogen-bond donors (Lipinski definition) is 1. The molecule has 0 saturated heterocycles. The lowest BCUT2D eigenvalue weighted by atomic mass is 10.3. The van der Waals surface area contributed by atoms with Gasteiger partial charge in [-0.1, -0.05) is 30.0 Å². The number of carbonyl (C=O) groups is 2. The maximum atomic E-state index is 12.0. The predicted octanol–water partition coefficient (Wildman–Crippen LogP) is 1.44. The average Bonchev–Trinajstić information content (AvgIpc) is 2.95. The van der Waals surface area contributed by atoms with Crippen molar-refractivity contribution in [2.24, 2.45) is 5.10 Å². The van der Waals surface area contributed by atoms with Crippen LogP contribution >= 0.6 is 11.8 Å². The first-order valence-electron chi connectivity index (χ1n) is 6.87. The van der Waals surface area contributed by atoms with Gasteiger partial charge in [0.1, 0.15) is 5.84 Å². The van der Waals surface area contributed by atoms with Crippen LogP contribution in [0.3, 0.4) is 0 Å². The summed E-state index contributed by atoms with van der Waals surface area (Å²) in [6.45, 7) is 0. The Balaban J connectivity index is 1.58. The largest absolute Gasteiger partial charge is 0.312 e. The minimum Gasteiger partial charge on any atom is -0.312 e. The third-order valence-corrected chi connectivity index (χ3v) is 3.81. The first-order chi connectivity index (χ1) is 11.2. The second-order valence-corrected chi connectivity index (χ2v) is 5.58. The van der Waals surface area contributed by atoms with Gasteiger partial charge in [-0.2, -0.15) is 10.1 Å². The predicted molar refractivity (Wildman–Crippen MR) is 86.9 cm³/mol. The molecule has 0 fully saturated rings. The average molecular weight is 327 g/mol. The highest BCUT2D eigenvalue weighted by Crippen LogP contribution is 2.19. The van der Waals surface area contributed by atoms with Crippen molar-refractivity contribution in [2.45, 2.75) is 11.6 Å². The van der Waals surface area contributed by atoms with Gasteiger partial charge in [0.2, 0.25) is 5.91 Å². The van der Waals surface area contributed by atoms with Crippen molar-refractivity contribution < 1.29 is 9.59 Å². The smallest absolute Gasteiger partial charge is 0.255 e. The third-order valence-electron chi connectivity index (χ3n) is 2.93. The molecule has 0 radical (unpaired) electrons. The van der Waals surface area contributed by atoms with Crippen LogP contribution in [-0.4, -0.2) is 33.4 Å². The van der Waals surface area contributed by atoms with Gasteiger partial charge >= 0.3 is 0 Å². The summed E-state index contributed by atoms with van der Waals surface area (Å²) in [6.07, 6.45) is 3.31. The number of amides is 2. The van der Waals surface area contributed by atoms with E-state index in [2.05, 4.69) is 20.4 Å². The second-order valence-electron chi connectivity index (χ2n) is 4.63. The lowest BCUT2D eigenvalue weighted by Gasteiger charge is -2.10. The summed E-state index contributed by atoms with van der Waals surface area (Å²) in [7, 11) is 0. The minimum atomic E-state index is -0.246. The molecule has 1 N–H and O–H groups in total. The fourth-order valence-electron chi connectivity index (χ4n) is 1.96. The van der Waals surface area contributed by atoms with Crippen LogP contribution in [0.1, 0.15) is 6.42 Å². The van der Waals surface area contributed by atoms with Crippen molar-refractivity contribution in [3.63, 3.8) is 0 Å². The molecule has 1 aromatic carbocycles. The molecule has 0 unspecified atom stereocenters. The van der Waals surface area contributed by atoms with Crippen LogP contribution in [0.15, 0.2) is 59.0 Å². The molecular weight excluding hydrogens is 314 g/mol. The zero-order chi connectivity index (χ0) is 16.1. The van der Waals surface area contributed by atoms with Crippen molar-refractivity contribution in [2.75, 3.05) is 10.8 Å². The lowest BCUT2D eigenvalue weighted by molar-refractivity contribution is -0.117. The zero-order valence-corrected chi connectivity index (χ0v) is 12.9. The van der Waals surface area contributed by atoms with E-state index >= 15 is 0 Å². The van der Waals surface area contributed by atoms with Gasteiger partial charge in [0.05, 0.1) is 17.9 Å². The number of carbonyl (C=O) groups excluding carboxylic acids is 2. The third kappa shape index (κ3) is 3.92. The molecule has 1 aliphatic rings. The normalized spacial score (nSPS) is 13.8. The topological polar surface area (TPSA) is 87.6 Å². The van der Waals surface area contributed by atoms with E-state index in [1.807, 2.05) is 18.2 Å². The molecule has 0 atom stereocenters. The molecule has 2 amide bonds. The van der Waals surface area contributed by atoms with Crippen molar-refractivity contribution in [3.8, 4) is 0 Å². The summed E-state index contributed by atoms with van der Waals surface area (Å²) in [5, 5.41) is 8.63. The molecule has 7 nitrogen and oxygen atoms in total. The van der Waals surface area contributed by atoms with Gasteiger partial charge in [-0.25, -0.2) is 9.97 Å². The van der Waals surface area contributed by atoms with E-state index in [4.69, 9.17) is 0 Å². The van der Waals surface area contributed by atoms with Gasteiger partial charge in [0.15, 0.2) is 5.16 Å². The molecule has 0 spiro atoms. The second kappa shape index (κ2) is 7.01. The molecule has 23 heavy (non-hydrogen) atoms. The number of para-hydroxylation sites is 1. The summed E-state index contributed by atoms with van der Waals surface area (Å²) in [5.74, 6) is 0.0793. The highest BCUT2D eigenvalue weighted by Gasteiger charge is 2.26. The number of benzene rings is 1. The van der Waals surface area contributed by atoms with Crippen LogP contribution < -0.4 is 10.3 Å². The Labute approximate surface area is 136 Å². The Morgan fingerprint density at radius 2 is 1.91 bits per heavy atom. The van der Waals surface area contributed by atoms with Crippen molar-refractivity contribution in [1.29, 1.82) is 0 Å². The van der Waals surface area contributed by atoms with Gasteiger partial charge in [-0.15, -0.1) is 0 Å². The highest BCUT2D eigenvalue weighted by molar-refractivity contribution is 7.99. The first kappa shape index (κ1) is 15.2. The zero-order valence-electron chi connectivity index (χ0n) is 12.0. The summed E-state index contributed by atoms with van der Waals surface area (Å²) in [4.78, 5) is 32.0. The SMILES string of the molecule is O=C(CSc1ncccn1)NC1=NN(c2ccccc2)C(=O)C1. The van der Waals surface area contributed by atoms with Gasteiger partial charge in [0, 0.05) is 12.4 Å². The fourth-order valence-corrected chi connectivity index (χ4v) is 2.56. The summed E-state index contributed by atoms with van der Waals surface area (Å²) >= 11 is 1.22. The van der Waals surface area contributed by atoms with E-state index in [9.17, 15) is 9.59 Å². The fraction of sp³-hybridized carbons (Fsp3) is 0.133. The Bertz CT molecular complexity index is 736. The van der Waals surface area contributed by atoms with Gasteiger partial charge in [0.25, 0.3) is 5.91 Å². The van der Waals surface area contributed by atoms with Crippen molar-refractivity contribution in [3.05, 3.63) is 48.8 Å². The number of hydrazone groups is 1. The molecule has 3 rings (SSSR count). The van der Waals surface area contributed by atoms with E-state index in [0.29, 0.717) is 16.7 Å². The van der Waals surface area contributed by atoms with E-state index < -0.39 is 0 Å². The van der Waals surface area contributed by atoms with Crippen LogP contribution in [-0.2, 0) is 9.59 Å². The molecule has 0 aliphatic carbocycles. The minimum absolute atomic E-state index is 0.0765. The number of anilines is 1. The lowest BCUT2D eigenvalue weighted by Crippen LogP contribution is -2.31. The maximum Gasteiger partial charge on any atom is 0.255 e. The van der Waals surface area contributed by atoms with E-state index in [-0.39, 0.29) is 24.0 Å². The number of rotatable bonds is 4. The standard InChI is InChI=1S/C15H13N5O2S/c21-13(10-23-15-16-7-4-8-17-15)18-12-9-14(22)20(19-12)11-5-2-1-3-6-11/h1-8H,9-10H2,(H,18,19,21). The van der Waals surface area contributed by atoms with Crippen molar-refractivity contribution in [1.82, 2.24) is 15.3 Å². The van der Waals surface area contributed by atoms with Gasteiger partial charge < -0.3 is 5.32 Å². The first-order valence-corrected chi connectivity index (χ1v) is 7.86. The summed E-state index contributed by atoms with van der Waals surface area (Å²) in [6, 6.07) is 10.8. The number of nitrogens with zero attached hydrogens (tertiary/aromatic N) is 4. The summed E-state index contributed by atoms with van der Waals surface area (Å²) in [5.41, 5.74) is 0.675. The molecule has 1 aromatic heterocycles. The van der Waals surface area contributed by atoms with Crippen LogP contribution in [0.25, 0.3) is 0 Å². The van der Waals surface area contributed by atoms with Crippen LogP contribution in [0.2, 0.25) is 0 Å². The number of aromatic nitrogens is 2. The highest BCUT2D eigenvalue weighted by atomic mass is 32.2. The molecule has 8 heteroatoms. The Morgan fingerprint density at radius 1 is 1.17 bits per heavy atom. The molecule has 1 aliphatic heterocycles. The maximum absolute atomic E-state index is 12.0. The molecule has 2 heterocycles. The number of nitrogens with one attached hydrogen (secondary N) is 1. The van der Waals surface area contributed by atoms with Crippen LogP contribution in [0.5, 0.6) is 0 Å². The number of thioether (sulfide) groups is 1. The Kier molecular flexibility index (Phi) is 4.62. The molecule has 0 saturated carbocycles. The van der Waals surface area contributed by atoms with Gasteiger partial charge in [-0.05, 0) is 18.2 Å². The van der Waals surface area contributed by atoms with Gasteiger partial charge in [-0.3, -0.25) is 9.59 Å². The van der Waals surface area contributed by atoms with E-state index in [1.165, 1.54) is 16.8 Å². The van der Waals surface area contributed by atoms with Crippen LogP contribution in [0, 0.1) is 0 Å². The van der Waals surface area contributed by atoms with E-state index in [0.717, 1.165) is 0 Å². The molecular formula is C15H13N5O2S. The molecule has 116 valence electrons. The quantitative estimate of drug-likeness (QED) is 0.678. The Hall–Kier alpha value is -2.74. The van der Waals surface area contributed by atoms with Crippen LogP contribution in [0.4, 0.5) is 5.69 Å². The van der Waals surface area contributed by atoms with Crippen molar-refractivity contribution >= 4 is 35.1 Å². The number of amidine groups is 1. The van der Waals surface area contributed by atoms with E-state index in [1.54, 1.807) is 30.6 Å². The number of hydrogen-bond acceptors (Lipinski definition) is 6. The molecule has 2 aromatic rings. The summed E-state index contributed by atoms with van der Waals surface area (Å²) < 4.78 is 0. The molecule has 0 bridgehead atoms. The Morgan fingerprint density at radius 3 is 2.65 bits per heavy atom. The monoisotopic (exact) mass is 327 g/mol.